The molecule has 0 saturated heterocycles. The zero-order valence-electron chi connectivity index (χ0n) is 12.5. The fraction of sp³-hybridized carbons (Fsp3) is 0.400. The molecule has 1 aromatic carbocycles. The molecule has 2 heteroatoms. The van der Waals surface area contributed by atoms with Gasteiger partial charge in [-0.1, -0.05) is 12.1 Å². The molecule has 0 aliphatic rings. The fourth-order valence-corrected chi connectivity index (χ4v) is 0.811. The third-order valence-corrected chi connectivity index (χ3v) is 1.42. The molecule has 1 unspecified atom stereocenters. The van der Waals surface area contributed by atoms with E-state index in [4.69, 9.17) is 19.1 Å². The van der Waals surface area contributed by atoms with Gasteiger partial charge in [0.1, 0.15) is 5.75 Å². The van der Waals surface area contributed by atoms with Gasteiger partial charge in [-0.3, -0.25) is 0 Å². The predicted molar refractivity (Wildman–Crippen MR) is 50.1 cm³/mol. The Labute approximate surface area is 81.5 Å². The molecule has 1 rings (SSSR count). The molecular weight excluding hydrogens is 150 g/mol. The molecule has 0 aliphatic carbocycles. The fourth-order valence-electron chi connectivity index (χ4n) is 0.811. The zero-order valence-corrected chi connectivity index (χ0v) is 6.54. The van der Waals surface area contributed by atoms with E-state index in [-0.39, 0.29) is 12.2 Å². The maximum absolute atomic E-state index is 9.10. The van der Waals surface area contributed by atoms with Gasteiger partial charge in [0.05, 0.1) is 0 Å². The normalized spacial score (nSPS) is 25.1. The number of aromatic hydroxyl groups is 1. The molecule has 1 aromatic rings. The highest BCUT2D eigenvalue weighted by atomic mass is 16.3. The van der Waals surface area contributed by atoms with Gasteiger partial charge in [-0.2, -0.15) is 0 Å². The first kappa shape index (κ1) is 3.79. The van der Waals surface area contributed by atoms with Crippen molar-refractivity contribution in [3.05, 3.63) is 29.8 Å². The standard InChI is InChI=1S/C10H15NO/c1-8(11)2-3-9-4-6-10(12)7-5-9/h4-8,12H,2-3,11H2,1H3/i1D3,2D2,8D. The average molecular weight is 171 g/mol. The largest absolute Gasteiger partial charge is 0.508 e. The third-order valence-electron chi connectivity index (χ3n) is 1.42. The van der Waals surface area contributed by atoms with Crippen molar-refractivity contribution in [1.29, 1.82) is 0 Å². The van der Waals surface area contributed by atoms with Gasteiger partial charge in [0.15, 0.2) is 0 Å². The Morgan fingerprint density at radius 1 is 1.67 bits per heavy atom. The summed E-state index contributed by atoms with van der Waals surface area (Å²) in [4.78, 5) is 0. The second-order valence-corrected chi connectivity index (χ2v) is 2.43. The van der Waals surface area contributed by atoms with Crippen molar-refractivity contribution >= 4 is 0 Å². The van der Waals surface area contributed by atoms with E-state index in [0.29, 0.717) is 5.56 Å². The van der Waals surface area contributed by atoms with Crippen molar-refractivity contribution < 1.29 is 13.3 Å². The van der Waals surface area contributed by atoms with Crippen molar-refractivity contribution in [2.75, 3.05) is 0 Å². The number of rotatable bonds is 3. The van der Waals surface area contributed by atoms with Crippen LogP contribution in [0, 0.1) is 0 Å². The van der Waals surface area contributed by atoms with Gasteiger partial charge in [-0.25, -0.2) is 0 Å². The Morgan fingerprint density at radius 2 is 2.33 bits per heavy atom. The van der Waals surface area contributed by atoms with E-state index in [1.807, 2.05) is 0 Å². The van der Waals surface area contributed by atoms with Crippen molar-refractivity contribution in [2.45, 2.75) is 25.7 Å². The minimum atomic E-state index is -2.92. The van der Waals surface area contributed by atoms with E-state index in [1.54, 1.807) is 0 Å². The molecule has 0 radical (unpaired) electrons. The van der Waals surface area contributed by atoms with E-state index in [1.165, 1.54) is 24.3 Å². The minimum Gasteiger partial charge on any atom is -0.508 e. The quantitative estimate of drug-likeness (QED) is 0.726. The molecule has 2 nitrogen and oxygen atoms in total. The Bertz CT molecular complexity index is 411. The summed E-state index contributed by atoms with van der Waals surface area (Å²) in [6.07, 6.45) is -2.74. The van der Waals surface area contributed by atoms with Gasteiger partial charge < -0.3 is 10.8 Å². The number of nitrogens with two attached hydrogens (primary N) is 1. The number of benzene rings is 1. The van der Waals surface area contributed by atoms with Gasteiger partial charge in [0.25, 0.3) is 0 Å². The van der Waals surface area contributed by atoms with Gasteiger partial charge in [-0.05, 0) is 37.3 Å². The van der Waals surface area contributed by atoms with E-state index in [9.17, 15) is 0 Å². The molecule has 0 heterocycles. The lowest BCUT2D eigenvalue weighted by atomic mass is 10.1. The van der Waals surface area contributed by atoms with Crippen LogP contribution in [0.4, 0.5) is 0 Å². The van der Waals surface area contributed by atoms with Crippen molar-refractivity contribution in [3.8, 4) is 5.75 Å². The highest BCUT2D eigenvalue weighted by Gasteiger charge is 1.96. The van der Waals surface area contributed by atoms with Crippen LogP contribution >= 0.6 is 0 Å². The second kappa shape index (κ2) is 4.12. The van der Waals surface area contributed by atoms with E-state index >= 15 is 0 Å². The summed E-state index contributed by atoms with van der Waals surface area (Å²) in [5.74, 6) is 0.0278. The lowest BCUT2D eigenvalue weighted by molar-refractivity contribution is 0.475. The molecular formula is C10H15NO. The molecule has 0 aromatic heterocycles. The van der Waals surface area contributed by atoms with Crippen LogP contribution in [-0.2, 0) is 6.42 Å². The van der Waals surface area contributed by atoms with Gasteiger partial charge in [-0.15, -0.1) is 0 Å². The molecule has 1 atom stereocenters. The summed E-state index contributed by atoms with van der Waals surface area (Å²) in [7, 11) is 0. The Balaban J connectivity index is 2.97. The van der Waals surface area contributed by atoms with Gasteiger partial charge >= 0.3 is 0 Å². The summed E-state index contributed by atoms with van der Waals surface area (Å²) in [6, 6.07) is 2.95. The predicted octanol–water partition coefficient (Wildman–Crippen LogP) is 1.67. The summed E-state index contributed by atoms with van der Waals surface area (Å²) in [5.41, 5.74) is 5.79. The Kier molecular flexibility index (Phi) is 1.30. The summed E-state index contributed by atoms with van der Waals surface area (Å²) in [5, 5.41) is 9.10. The van der Waals surface area contributed by atoms with Crippen LogP contribution in [-0.4, -0.2) is 11.1 Å². The average Bonchev–Trinajstić information content (AvgIpc) is 2.19. The summed E-state index contributed by atoms with van der Waals surface area (Å²) in [6.45, 7) is -2.92. The molecule has 12 heavy (non-hydrogen) atoms. The molecule has 66 valence electrons. The molecule has 3 N–H and O–H groups in total. The zero-order chi connectivity index (χ0) is 14.2. The maximum Gasteiger partial charge on any atom is 0.115 e. The lowest BCUT2D eigenvalue weighted by Gasteiger charge is -2.04. The lowest BCUT2D eigenvalue weighted by Crippen LogP contribution is -2.15. The van der Waals surface area contributed by atoms with Crippen LogP contribution in [0.3, 0.4) is 0 Å². The Hall–Kier alpha value is -1.02. The minimum absolute atomic E-state index is 0.0278. The van der Waals surface area contributed by atoms with Crippen LogP contribution in [0.25, 0.3) is 0 Å². The molecule has 0 fully saturated rings. The number of phenolic OH excluding ortho intramolecular Hbond substituents is 1. The molecule has 0 bridgehead atoms. The van der Waals surface area contributed by atoms with Gasteiger partial charge in [0.2, 0.25) is 0 Å². The number of hydrogen-bond acceptors (Lipinski definition) is 2. The first-order valence-corrected chi connectivity index (χ1v) is 3.54. The molecule has 0 spiro atoms. The SMILES string of the molecule is [2H]C([2H])([2H])C([2H])(N)C([2H])([2H])Cc1ccc(O)cc1. The number of hydrogen-bond donors (Lipinski definition) is 2. The summed E-state index contributed by atoms with van der Waals surface area (Å²) >= 11 is 0. The van der Waals surface area contributed by atoms with Crippen LogP contribution in [0.15, 0.2) is 24.3 Å². The first-order chi connectivity index (χ1) is 7.97. The van der Waals surface area contributed by atoms with Crippen molar-refractivity contribution in [1.82, 2.24) is 0 Å². The number of aryl methyl sites for hydroxylation is 1. The van der Waals surface area contributed by atoms with E-state index in [0.717, 1.165) is 0 Å². The highest BCUT2D eigenvalue weighted by Crippen LogP contribution is 2.11. The van der Waals surface area contributed by atoms with Crippen LogP contribution in [0.5, 0.6) is 5.75 Å². The maximum atomic E-state index is 9.10. The smallest absolute Gasteiger partial charge is 0.115 e. The summed E-state index contributed by atoms with van der Waals surface area (Å²) < 4.78 is 44.4. The topological polar surface area (TPSA) is 46.2 Å². The third kappa shape index (κ3) is 2.93. The molecule has 0 amide bonds. The highest BCUT2D eigenvalue weighted by molar-refractivity contribution is 5.25. The second-order valence-electron chi connectivity index (χ2n) is 2.43. The molecule has 0 saturated carbocycles. The van der Waals surface area contributed by atoms with Crippen LogP contribution in [0.2, 0.25) is 0 Å². The van der Waals surface area contributed by atoms with Crippen LogP contribution in [0.1, 0.15) is 27.0 Å². The number of phenols is 1. The van der Waals surface area contributed by atoms with Crippen molar-refractivity contribution in [3.63, 3.8) is 0 Å². The van der Waals surface area contributed by atoms with Crippen molar-refractivity contribution in [2.24, 2.45) is 5.73 Å². The molecule has 0 aliphatic heterocycles. The first-order valence-electron chi connectivity index (χ1n) is 6.54. The van der Waals surface area contributed by atoms with Crippen LogP contribution < -0.4 is 5.73 Å². The van der Waals surface area contributed by atoms with E-state index in [2.05, 4.69) is 0 Å². The monoisotopic (exact) mass is 171 g/mol. The van der Waals surface area contributed by atoms with E-state index < -0.39 is 19.2 Å². The van der Waals surface area contributed by atoms with Gasteiger partial charge in [0, 0.05) is 14.2 Å². The Morgan fingerprint density at radius 3 is 2.92 bits per heavy atom.